The lowest BCUT2D eigenvalue weighted by atomic mass is 9.97. The zero-order chi connectivity index (χ0) is 20.6. The molecular formula is C18H25N5O4S. The van der Waals surface area contributed by atoms with Gasteiger partial charge in [0, 0.05) is 18.5 Å². The number of aryl methyl sites for hydroxylation is 1. The van der Waals surface area contributed by atoms with Crippen LogP contribution in [0.2, 0.25) is 0 Å². The maximum Gasteiger partial charge on any atom is 0.343 e. The molecule has 0 fully saturated rings. The second kappa shape index (κ2) is 7.51. The van der Waals surface area contributed by atoms with Gasteiger partial charge >= 0.3 is 11.4 Å². The Morgan fingerprint density at radius 3 is 2.50 bits per heavy atom. The summed E-state index contributed by atoms with van der Waals surface area (Å²) in [5.41, 5.74) is -0.412. The van der Waals surface area contributed by atoms with Gasteiger partial charge in [-0.2, -0.15) is 5.10 Å². The fourth-order valence-corrected chi connectivity index (χ4v) is 4.41. The first-order valence-corrected chi connectivity index (χ1v) is 9.80. The van der Waals surface area contributed by atoms with Crippen molar-refractivity contribution >= 4 is 21.6 Å². The van der Waals surface area contributed by atoms with Crippen LogP contribution in [-0.4, -0.2) is 37.6 Å². The molecule has 3 rings (SSSR count). The smallest absolute Gasteiger partial charge is 0.343 e. The number of nitrogens with zero attached hydrogens (tertiary/aromatic N) is 4. The minimum absolute atomic E-state index is 0.231. The molecule has 152 valence electrons. The van der Waals surface area contributed by atoms with Crippen molar-refractivity contribution in [3.8, 4) is 0 Å². The quantitative estimate of drug-likeness (QED) is 0.660. The Labute approximate surface area is 165 Å². The molecule has 0 amide bonds. The highest BCUT2D eigenvalue weighted by Crippen LogP contribution is 2.28. The molecule has 9 nitrogen and oxygen atoms in total. The third-order valence-corrected chi connectivity index (χ3v) is 5.76. The van der Waals surface area contributed by atoms with Gasteiger partial charge in [-0.15, -0.1) is 11.3 Å². The molecule has 0 bridgehead atoms. The Balaban J connectivity index is 2.26. The summed E-state index contributed by atoms with van der Waals surface area (Å²) in [6.07, 6.45) is 1.33. The van der Waals surface area contributed by atoms with Gasteiger partial charge in [-0.3, -0.25) is 18.9 Å². The Kier molecular flexibility index (Phi) is 5.44. The summed E-state index contributed by atoms with van der Waals surface area (Å²) in [4.78, 5) is 42.0. The van der Waals surface area contributed by atoms with Gasteiger partial charge in [0.2, 0.25) is 0 Å². The summed E-state index contributed by atoms with van der Waals surface area (Å²) in [6, 6.07) is 0. The van der Waals surface area contributed by atoms with Crippen molar-refractivity contribution in [2.75, 3.05) is 13.7 Å². The predicted octanol–water partition coefficient (Wildman–Crippen LogP) is 1.16. The first-order valence-electron chi connectivity index (χ1n) is 8.99. The van der Waals surface area contributed by atoms with Gasteiger partial charge in [0.15, 0.2) is 0 Å². The van der Waals surface area contributed by atoms with E-state index in [1.165, 1.54) is 26.9 Å². The van der Waals surface area contributed by atoms with Crippen LogP contribution in [0.1, 0.15) is 31.2 Å². The van der Waals surface area contributed by atoms with E-state index < -0.39 is 0 Å². The van der Waals surface area contributed by atoms with Crippen molar-refractivity contribution in [3.05, 3.63) is 48.1 Å². The number of hydrogen-bond acceptors (Lipinski definition) is 6. The summed E-state index contributed by atoms with van der Waals surface area (Å²) in [5.74, 6) is 0. The van der Waals surface area contributed by atoms with Crippen LogP contribution in [0.25, 0.3) is 10.2 Å². The molecule has 10 heteroatoms. The summed E-state index contributed by atoms with van der Waals surface area (Å²) in [6.45, 7) is 9.06. The molecular weight excluding hydrogens is 382 g/mol. The summed E-state index contributed by atoms with van der Waals surface area (Å²) in [7, 11) is 1.57. The third kappa shape index (κ3) is 3.74. The van der Waals surface area contributed by atoms with Gasteiger partial charge in [-0.05, 0) is 17.9 Å². The molecule has 0 aliphatic carbocycles. The average molecular weight is 407 g/mol. The van der Waals surface area contributed by atoms with Crippen molar-refractivity contribution in [1.82, 2.24) is 23.9 Å². The fourth-order valence-electron chi connectivity index (χ4n) is 3.11. The molecule has 28 heavy (non-hydrogen) atoms. The number of thiophene rings is 1. The fraction of sp³-hybridized carbons (Fsp3) is 0.556. The van der Waals surface area contributed by atoms with E-state index in [1.54, 1.807) is 11.7 Å². The molecule has 0 saturated heterocycles. The summed E-state index contributed by atoms with van der Waals surface area (Å²) >= 11 is 1.34. The number of ether oxygens (including phenoxy) is 1. The monoisotopic (exact) mass is 407 g/mol. The lowest BCUT2D eigenvalue weighted by molar-refractivity contribution is 0.186. The number of aromatic nitrogens is 5. The zero-order valence-corrected chi connectivity index (χ0v) is 17.6. The number of methoxy groups -OCH3 is 1. The van der Waals surface area contributed by atoms with E-state index in [0.717, 1.165) is 10.4 Å². The maximum atomic E-state index is 13.2. The van der Waals surface area contributed by atoms with E-state index >= 15 is 0 Å². The van der Waals surface area contributed by atoms with E-state index in [4.69, 9.17) is 4.74 Å². The molecule has 0 spiro atoms. The molecule has 0 atom stereocenters. The normalized spacial score (nSPS) is 12.2. The van der Waals surface area contributed by atoms with E-state index in [-0.39, 0.29) is 28.9 Å². The standard InChI is InChI=1S/C18H25N5O4S/c1-11-12(8-23-16(25)19-10-20-23)28-15-13(11)14(24)22(9-18(2,3)4)17(26)21(15)6-7-27-5/h10H,6-9H2,1-5H3,(H,19,20,25). The van der Waals surface area contributed by atoms with E-state index in [2.05, 4.69) is 10.1 Å². The maximum absolute atomic E-state index is 13.2. The first kappa shape index (κ1) is 20.3. The minimum Gasteiger partial charge on any atom is -0.383 e. The number of nitrogens with one attached hydrogen (secondary N) is 1. The number of rotatable bonds is 6. The van der Waals surface area contributed by atoms with Crippen LogP contribution in [0.15, 0.2) is 20.7 Å². The van der Waals surface area contributed by atoms with Crippen LogP contribution >= 0.6 is 11.3 Å². The Morgan fingerprint density at radius 2 is 1.93 bits per heavy atom. The molecule has 1 N–H and O–H groups in total. The molecule has 0 radical (unpaired) electrons. The molecule has 3 aromatic rings. The highest BCUT2D eigenvalue weighted by Gasteiger charge is 2.23. The molecule has 0 saturated carbocycles. The Bertz CT molecular complexity index is 1170. The van der Waals surface area contributed by atoms with Crippen molar-refractivity contribution in [1.29, 1.82) is 0 Å². The minimum atomic E-state index is -0.339. The Hall–Kier alpha value is -2.46. The van der Waals surface area contributed by atoms with E-state index in [0.29, 0.717) is 29.9 Å². The highest BCUT2D eigenvalue weighted by atomic mass is 32.1. The zero-order valence-electron chi connectivity index (χ0n) is 16.7. The topological polar surface area (TPSA) is 104 Å². The van der Waals surface area contributed by atoms with Gasteiger partial charge in [-0.25, -0.2) is 14.3 Å². The van der Waals surface area contributed by atoms with Gasteiger partial charge < -0.3 is 4.74 Å². The van der Waals surface area contributed by atoms with Crippen LogP contribution in [0.3, 0.4) is 0 Å². The lowest BCUT2D eigenvalue weighted by Crippen LogP contribution is -2.42. The van der Waals surface area contributed by atoms with Crippen molar-refractivity contribution in [3.63, 3.8) is 0 Å². The number of aromatic amines is 1. The van der Waals surface area contributed by atoms with E-state index in [1.807, 2.05) is 27.7 Å². The highest BCUT2D eigenvalue weighted by molar-refractivity contribution is 7.18. The van der Waals surface area contributed by atoms with Crippen LogP contribution in [0.5, 0.6) is 0 Å². The van der Waals surface area contributed by atoms with Crippen LogP contribution in [0.4, 0.5) is 0 Å². The van der Waals surface area contributed by atoms with Crippen molar-refractivity contribution in [2.45, 2.75) is 47.3 Å². The SMILES string of the molecule is COCCn1c(=O)n(CC(C)(C)C)c(=O)c2c(C)c(Cn3nc[nH]c3=O)sc21. The predicted molar refractivity (Wildman–Crippen MR) is 108 cm³/mol. The molecule has 0 unspecified atom stereocenters. The molecule has 0 aliphatic rings. The average Bonchev–Trinajstić information content (AvgIpc) is 3.15. The second-order valence-electron chi connectivity index (χ2n) is 7.96. The summed E-state index contributed by atoms with van der Waals surface area (Å²) in [5, 5.41) is 4.50. The van der Waals surface area contributed by atoms with E-state index in [9.17, 15) is 14.4 Å². The number of H-pyrrole nitrogens is 1. The van der Waals surface area contributed by atoms with Crippen LogP contribution in [-0.2, 0) is 24.4 Å². The first-order chi connectivity index (χ1) is 13.1. The second-order valence-corrected chi connectivity index (χ2v) is 9.04. The van der Waals surface area contributed by atoms with Gasteiger partial charge in [0.05, 0.1) is 25.1 Å². The number of fused-ring (bicyclic) bond motifs is 1. The lowest BCUT2D eigenvalue weighted by Gasteiger charge is -2.20. The molecule has 0 aliphatic heterocycles. The van der Waals surface area contributed by atoms with Gasteiger partial charge in [-0.1, -0.05) is 20.8 Å². The van der Waals surface area contributed by atoms with Gasteiger partial charge in [0.25, 0.3) is 5.56 Å². The largest absolute Gasteiger partial charge is 0.383 e. The molecule has 0 aromatic carbocycles. The van der Waals surface area contributed by atoms with Crippen molar-refractivity contribution in [2.24, 2.45) is 5.41 Å². The van der Waals surface area contributed by atoms with Crippen molar-refractivity contribution < 1.29 is 4.74 Å². The number of hydrogen-bond donors (Lipinski definition) is 1. The van der Waals surface area contributed by atoms with Crippen LogP contribution < -0.4 is 16.9 Å². The van der Waals surface area contributed by atoms with Crippen LogP contribution in [0, 0.1) is 12.3 Å². The Morgan fingerprint density at radius 1 is 1.21 bits per heavy atom. The molecule has 3 aromatic heterocycles. The third-order valence-electron chi connectivity index (χ3n) is 4.46. The molecule has 3 heterocycles. The summed E-state index contributed by atoms with van der Waals surface area (Å²) < 4.78 is 9.36. The van der Waals surface area contributed by atoms with Gasteiger partial charge in [0.1, 0.15) is 11.2 Å².